The molecule has 5 atom stereocenters. The molecule has 5 rings (SSSR count). The second-order valence-corrected chi connectivity index (χ2v) is 14.4. The van der Waals surface area contributed by atoms with Crippen LogP contribution in [0.4, 0.5) is 0 Å². The van der Waals surface area contributed by atoms with Crippen molar-refractivity contribution in [2.24, 2.45) is 17.3 Å². The van der Waals surface area contributed by atoms with E-state index in [9.17, 15) is 14.5 Å². The molecule has 0 spiro atoms. The fourth-order valence-electron chi connectivity index (χ4n) is 7.44. The molecule has 0 aliphatic heterocycles. The van der Waals surface area contributed by atoms with E-state index in [1.807, 2.05) is 38.5 Å². The van der Waals surface area contributed by atoms with Gasteiger partial charge in [-0.1, -0.05) is 42.7 Å². The van der Waals surface area contributed by atoms with Crippen molar-refractivity contribution in [3.05, 3.63) is 52.6 Å². The van der Waals surface area contributed by atoms with Crippen LogP contribution >= 0.6 is 7.14 Å². The summed E-state index contributed by atoms with van der Waals surface area (Å²) in [5.41, 5.74) is 4.18. The van der Waals surface area contributed by atoms with Gasteiger partial charge in [0.1, 0.15) is 12.7 Å². The number of carbonyl (C=O) groups excluding carboxylic acids is 1. The zero-order chi connectivity index (χ0) is 23.6. The van der Waals surface area contributed by atoms with E-state index in [4.69, 9.17) is 0 Å². The number of carbonyl (C=O) groups is 1. The van der Waals surface area contributed by atoms with E-state index in [2.05, 4.69) is 30.9 Å². The molecule has 174 valence electrons. The summed E-state index contributed by atoms with van der Waals surface area (Å²) in [4.78, 5) is 12.2. The molecule has 0 heterocycles. The Hall–Kier alpha value is -1.88. The van der Waals surface area contributed by atoms with E-state index in [0.29, 0.717) is 18.3 Å². The number of hydrogen-bond donors (Lipinski definition) is 1. The molecule has 33 heavy (non-hydrogen) atoms. The Balaban J connectivity index is 1.67. The average molecular weight is 463 g/mol. The lowest BCUT2D eigenvalue weighted by molar-refractivity contribution is -0.114. The second-order valence-electron chi connectivity index (χ2n) is 11.2. The standard InChI is InChI=1S/C29H35O3P/c1-5-15-29(31)16-14-26-24-12-8-20-17-21(30)9-13-23(20)27(24)25(18-28(26,29)2)19-6-10-22(11-7-19)33(3,4)32/h6-7,10-11,17,24-26,31H,8-9,12-14,16,18H2,1-4H3/t24-,25+,26-,28-,29-/m0/s1. The largest absolute Gasteiger partial charge is 0.377 e. The van der Waals surface area contributed by atoms with E-state index in [1.165, 1.54) is 22.3 Å². The van der Waals surface area contributed by atoms with Crippen molar-refractivity contribution in [2.45, 2.75) is 70.3 Å². The van der Waals surface area contributed by atoms with Gasteiger partial charge in [0.05, 0.1) is 0 Å². The van der Waals surface area contributed by atoms with E-state index >= 15 is 0 Å². The van der Waals surface area contributed by atoms with Crippen LogP contribution in [0, 0.1) is 29.1 Å². The Morgan fingerprint density at radius 3 is 2.48 bits per heavy atom. The number of aliphatic hydroxyl groups is 1. The summed E-state index contributed by atoms with van der Waals surface area (Å²) < 4.78 is 12.6. The van der Waals surface area contributed by atoms with E-state index < -0.39 is 12.7 Å². The molecule has 1 aromatic carbocycles. The number of fused-ring (bicyclic) bond motifs is 4. The van der Waals surface area contributed by atoms with Crippen molar-refractivity contribution in [2.75, 3.05) is 13.3 Å². The highest BCUT2D eigenvalue weighted by Crippen LogP contribution is 2.66. The Bertz CT molecular complexity index is 1170. The maximum Gasteiger partial charge on any atom is 0.156 e. The summed E-state index contributed by atoms with van der Waals surface area (Å²) in [7, 11) is -2.32. The maximum atomic E-state index is 12.6. The predicted octanol–water partition coefficient (Wildman–Crippen LogP) is 5.59. The number of rotatable bonds is 2. The first-order valence-electron chi connectivity index (χ1n) is 12.4. The highest BCUT2D eigenvalue weighted by molar-refractivity contribution is 7.70. The molecule has 2 fully saturated rings. The molecular weight excluding hydrogens is 427 g/mol. The first-order chi connectivity index (χ1) is 15.6. The Labute approximate surface area is 198 Å². The van der Waals surface area contributed by atoms with Crippen molar-refractivity contribution in [1.82, 2.24) is 0 Å². The molecule has 3 nitrogen and oxygen atoms in total. The van der Waals surface area contributed by atoms with Crippen molar-refractivity contribution >= 4 is 18.2 Å². The van der Waals surface area contributed by atoms with E-state index in [1.54, 1.807) is 0 Å². The summed E-state index contributed by atoms with van der Waals surface area (Å²) in [5.74, 6) is 7.51. The quantitative estimate of drug-likeness (QED) is 0.461. The van der Waals surface area contributed by atoms with Gasteiger partial charge < -0.3 is 9.67 Å². The van der Waals surface area contributed by atoms with Gasteiger partial charge in [-0.05, 0) is 93.4 Å². The van der Waals surface area contributed by atoms with Crippen LogP contribution in [0.15, 0.2) is 47.1 Å². The maximum absolute atomic E-state index is 12.6. The van der Waals surface area contributed by atoms with E-state index in [0.717, 1.165) is 43.8 Å². The first-order valence-corrected chi connectivity index (χ1v) is 15.0. The minimum atomic E-state index is -2.32. The lowest BCUT2D eigenvalue weighted by Gasteiger charge is -2.53. The van der Waals surface area contributed by atoms with Gasteiger partial charge in [0.2, 0.25) is 0 Å². The molecule has 0 amide bonds. The zero-order valence-electron chi connectivity index (χ0n) is 20.3. The van der Waals surface area contributed by atoms with Crippen LogP contribution in [-0.4, -0.2) is 29.8 Å². The van der Waals surface area contributed by atoms with E-state index in [-0.39, 0.29) is 17.1 Å². The van der Waals surface area contributed by atoms with Crippen LogP contribution in [-0.2, 0) is 9.36 Å². The van der Waals surface area contributed by atoms with Crippen LogP contribution in [0.25, 0.3) is 0 Å². The number of benzene rings is 1. The summed E-state index contributed by atoms with van der Waals surface area (Å²) in [6.45, 7) is 7.72. The lowest BCUT2D eigenvalue weighted by atomic mass is 9.51. The summed E-state index contributed by atoms with van der Waals surface area (Å²) >= 11 is 0. The van der Waals surface area contributed by atoms with Gasteiger partial charge in [0, 0.05) is 23.1 Å². The van der Waals surface area contributed by atoms with Gasteiger partial charge in [-0.25, -0.2) is 0 Å². The highest BCUT2D eigenvalue weighted by Gasteiger charge is 2.62. The molecule has 0 saturated heterocycles. The van der Waals surface area contributed by atoms with Gasteiger partial charge >= 0.3 is 0 Å². The van der Waals surface area contributed by atoms with Gasteiger partial charge in [0.25, 0.3) is 0 Å². The van der Waals surface area contributed by atoms with Crippen molar-refractivity contribution in [3.8, 4) is 11.8 Å². The molecule has 4 heteroatoms. The average Bonchev–Trinajstić information content (AvgIpc) is 3.03. The minimum Gasteiger partial charge on any atom is -0.377 e. The van der Waals surface area contributed by atoms with Gasteiger partial charge in [-0.3, -0.25) is 4.79 Å². The first kappa shape index (κ1) is 22.9. The number of hydrogen-bond acceptors (Lipinski definition) is 3. The molecule has 4 aliphatic rings. The topological polar surface area (TPSA) is 54.4 Å². The summed E-state index contributed by atoms with van der Waals surface area (Å²) in [6, 6.07) is 8.36. The molecule has 1 N–H and O–H groups in total. The molecule has 2 saturated carbocycles. The normalized spacial score (nSPS) is 35.7. The van der Waals surface area contributed by atoms with Crippen LogP contribution in [0.5, 0.6) is 0 Å². The van der Waals surface area contributed by atoms with Crippen molar-refractivity contribution in [1.29, 1.82) is 0 Å². The van der Waals surface area contributed by atoms with Crippen molar-refractivity contribution < 1.29 is 14.5 Å². The third kappa shape index (κ3) is 3.53. The van der Waals surface area contributed by atoms with Crippen LogP contribution in [0.1, 0.15) is 70.3 Å². The molecule has 0 bridgehead atoms. The highest BCUT2D eigenvalue weighted by atomic mass is 31.2. The van der Waals surface area contributed by atoms with Gasteiger partial charge in [-0.2, -0.15) is 0 Å². The molecule has 0 unspecified atom stereocenters. The zero-order valence-corrected chi connectivity index (χ0v) is 21.2. The predicted molar refractivity (Wildman–Crippen MR) is 134 cm³/mol. The second kappa shape index (κ2) is 7.83. The van der Waals surface area contributed by atoms with Crippen molar-refractivity contribution in [3.63, 3.8) is 0 Å². The summed E-state index contributed by atoms with van der Waals surface area (Å²) in [6.07, 6.45) is 7.93. The minimum absolute atomic E-state index is 0.189. The fourth-order valence-corrected chi connectivity index (χ4v) is 8.31. The number of ketones is 1. The van der Waals surface area contributed by atoms with Crippen LogP contribution in [0.2, 0.25) is 0 Å². The third-order valence-electron chi connectivity index (χ3n) is 9.14. The molecule has 4 aliphatic carbocycles. The van der Waals surface area contributed by atoms with Crippen LogP contribution < -0.4 is 5.30 Å². The Morgan fingerprint density at radius 1 is 1.09 bits per heavy atom. The fraction of sp³-hybridized carbons (Fsp3) is 0.552. The molecule has 1 aromatic rings. The van der Waals surface area contributed by atoms with Gasteiger partial charge in [0.15, 0.2) is 5.78 Å². The molecular formula is C29H35O3P. The van der Waals surface area contributed by atoms with Crippen LogP contribution in [0.3, 0.4) is 0 Å². The molecule has 0 aromatic heterocycles. The molecule has 0 radical (unpaired) electrons. The Morgan fingerprint density at radius 2 is 1.82 bits per heavy atom. The third-order valence-corrected chi connectivity index (χ3v) is 10.7. The monoisotopic (exact) mass is 462 g/mol. The Kier molecular flexibility index (Phi) is 5.43. The number of allylic oxidation sites excluding steroid dienone is 4. The van der Waals surface area contributed by atoms with Gasteiger partial charge in [-0.15, -0.1) is 5.92 Å². The lowest BCUT2D eigenvalue weighted by Crippen LogP contribution is -2.51. The summed E-state index contributed by atoms with van der Waals surface area (Å²) in [5, 5.41) is 12.6. The SMILES string of the molecule is CC#C[C@]1(O)CC[C@H]2[C@@H]3CCC4=CC(=O)CCC4=C3[C@@H](c3ccc(P(C)(C)=O)cc3)C[C@@]21C. The smallest absolute Gasteiger partial charge is 0.156 e.